The number of rotatable bonds is 4. The average Bonchev–Trinajstić information content (AvgIpc) is 2.93. The number of fused-ring (bicyclic) bond motifs is 1. The van der Waals surface area contributed by atoms with Crippen molar-refractivity contribution < 1.29 is 0 Å². The van der Waals surface area contributed by atoms with Crippen molar-refractivity contribution in [2.24, 2.45) is 0 Å². The predicted molar refractivity (Wildman–Crippen MR) is 76.7 cm³/mol. The largest absolute Gasteiger partial charge is 0.378 e. The summed E-state index contributed by atoms with van der Waals surface area (Å²) in [7, 11) is 4.06. The van der Waals surface area contributed by atoms with Crippen LogP contribution in [0.2, 0.25) is 0 Å². The van der Waals surface area contributed by atoms with E-state index in [1.165, 1.54) is 15.9 Å². The van der Waals surface area contributed by atoms with E-state index in [0.717, 1.165) is 5.82 Å². The molecule has 3 rings (SSSR count). The second-order valence-electron chi connectivity index (χ2n) is 4.66. The molecule has 0 saturated heterocycles. The van der Waals surface area contributed by atoms with Gasteiger partial charge in [0.2, 0.25) is 0 Å². The predicted octanol–water partition coefficient (Wildman–Crippen LogP) is 1.20. The van der Waals surface area contributed by atoms with Crippen LogP contribution in [0.25, 0.3) is 5.65 Å². The van der Waals surface area contributed by atoms with Gasteiger partial charge in [-0.25, -0.2) is 0 Å². The molecule has 7 heteroatoms. The molecule has 0 aliphatic rings. The Morgan fingerprint density at radius 1 is 1.20 bits per heavy atom. The maximum Gasteiger partial charge on any atom is 0.200 e. The van der Waals surface area contributed by atoms with E-state index in [0.29, 0.717) is 12.2 Å². The second kappa shape index (κ2) is 5.12. The van der Waals surface area contributed by atoms with Gasteiger partial charge in [-0.15, -0.1) is 14.8 Å². The summed E-state index contributed by atoms with van der Waals surface area (Å²) in [5.41, 5.74) is 2.99. The van der Waals surface area contributed by atoms with Crippen LogP contribution < -0.4 is 10.2 Å². The maximum atomic E-state index is 4.27. The summed E-state index contributed by atoms with van der Waals surface area (Å²) in [6, 6.07) is 12.0. The van der Waals surface area contributed by atoms with Crippen LogP contribution in [0.15, 0.2) is 36.4 Å². The average molecular weight is 269 g/mol. The van der Waals surface area contributed by atoms with Gasteiger partial charge >= 0.3 is 0 Å². The fourth-order valence-electron chi connectivity index (χ4n) is 1.88. The summed E-state index contributed by atoms with van der Waals surface area (Å²) in [6.07, 6.45) is 0. The Balaban J connectivity index is 1.73. The summed E-state index contributed by atoms with van der Waals surface area (Å²) in [4.78, 5) is 2.08. The molecule has 1 N–H and O–H groups in total. The molecular formula is C13H15N7. The summed E-state index contributed by atoms with van der Waals surface area (Å²) >= 11 is 0. The van der Waals surface area contributed by atoms with Crippen molar-refractivity contribution in [3.05, 3.63) is 42.0 Å². The van der Waals surface area contributed by atoms with Gasteiger partial charge in [0.15, 0.2) is 5.65 Å². The number of nitrogens with one attached hydrogen (secondary N) is 1. The summed E-state index contributed by atoms with van der Waals surface area (Å²) in [5, 5.41) is 18.7. The van der Waals surface area contributed by atoms with Gasteiger partial charge in [0.05, 0.1) is 0 Å². The van der Waals surface area contributed by atoms with E-state index in [-0.39, 0.29) is 0 Å². The topological polar surface area (TPSA) is 71.2 Å². The molecule has 1 aromatic carbocycles. The van der Waals surface area contributed by atoms with Crippen molar-refractivity contribution >= 4 is 17.2 Å². The lowest BCUT2D eigenvalue weighted by Gasteiger charge is -2.13. The van der Waals surface area contributed by atoms with Crippen molar-refractivity contribution in [1.29, 1.82) is 0 Å². The van der Waals surface area contributed by atoms with Crippen molar-refractivity contribution in [2.75, 3.05) is 24.3 Å². The summed E-state index contributed by atoms with van der Waals surface area (Å²) in [6.45, 7) is 0.697. The molecule has 7 nitrogen and oxygen atoms in total. The van der Waals surface area contributed by atoms with Crippen molar-refractivity contribution in [1.82, 2.24) is 25.3 Å². The van der Waals surface area contributed by atoms with Gasteiger partial charge in [0.25, 0.3) is 0 Å². The van der Waals surface area contributed by atoms with Crippen LogP contribution in [-0.4, -0.2) is 39.3 Å². The number of nitrogens with zero attached hydrogens (tertiary/aromatic N) is 6. The molecule has 20 heavy (non-hydrogen) atoms. The van der Waals surface area contributed by atoms with Gasteiger partial charge in [0.1, 0.15) is 5.82 Å². The van der Waals surface area contributed by atoms with Gasteiger partial charge in [-0.3, -0.25) is 0 Å². The molecule has 0 aliphatic carbocycles. The van der Waals surface area contributed by atoms with E-state index < -0.39 is 0 Å². The van der Waals surface area contributed by atoms with Gasteiger partial charge in [-0.1, -0.05) is 12.1 Å². The lowest BCUT2D eigenvalue weighted by atomic mass is 10.2. The minimum Gasteiger partial charge on any atom is -0.378 e. The molecule has 2 aromatic heterocycles. The van der Waals surface area contributed by atoms with E-state index in [4.69, 9.17) is 0 Å². The first-order chi connectivity index (χ1) is 9.72. The molecule has 0 aliphatic heterocycles. The highest BCUT2D eigenvalue weighted by Crippen LogP contribution is 2.14. The molecular weight excluding hydrogens is 254 g/mol. The van der Waals surface area contributed by atoms with Gasteiger partial charge in [-0.05, 0) is 40.3 Å². The quantitative estimate of drug-likeness (QED) is 0.767. The number of aromatic nitrogens is 5. The van der Waals surface area contributed by atoms with Gasteiger partial charge in [-0.2, -0.15) is 0 Å². The van der Waals surface area contributed by atoms with Crippen molar-refractivity contribution in [2.45, 2.75) is 6.54 Å². The minimum atomic E-state index is 0.630. The van der Waals surface area contributed by atoms with E-state index in [1.54, 1.807) is 0 Å². The fraction of sp³-hybridized carbons (Fsp3) is 0.231. The Kier molecular flexibility index (Phi) is 3.16. The number of tetrazole rings is 1. The van der Waals surface area contributed by atoms with E-state index >= 15 is 0 Å². The Morgan fingerprint density at radius 2 is 2.10 bits per heavy atom. The molecule has 0 amide bonds. The zero-order chi connectivity index (χ0) is 13.9. The van der Waals surface area contributed by atoms with Crippen LogP contribution in [0.1, 0.15) is 5.56 Å². The molecule has 0 atom stereocenters. The molecule has 0 unspecified atom stereocenters. The van der Waals surface area contributed by atoms with E-state index in [2.05, 4.69) is 49.0 Å². The standard InChI is InChI=1S/C13H15N7/c1-19(2)11-5-3-4-10(8-11)9-14-12-6-7-13-15-17-18-20(13)16-12/h3-8H,9H2,1-2H3,(H,14,16). The van der Waals surface area contributed by atoms with E-state index in [9.17, 15) is 0 Å². The zero-order valence-corrected chi connectivity index (χ0v) is 11.4. The van der Waals surface area contributed by atoms with Gasteiger partial charge < -0.3 is 10.2 Å². The third kappa shape index (κ3) is 2.51. The minimum absolute atomic E-state index is 0.630. The van der Waals surface area contributed by atoms with Crippen molar-refractivity contribution in [3.8, 4) is 0 Å². The third-order valence-electron chi connectivity index (χ3n) is 2.97. The van der Waals surface area contributed by atoms with Crippen LogP contribution in [-0.2, 0) is 6.54 Å². The second-order valence-corrected chi connectivity index (χ2v) is 4.66. The third-order valence-corrected chi connectivity index (χ3v) is 2.97. The van der Waals surface area contributed by atoms with E-state index in [1.807, 2.05) is 32.3 Å². The molecule has 0 bridgehead atoms. The van der Waals surface area contributed by atoms with Crippen LogP contribution >= 0.6 is 0 Å². The first-order valence-corrected chi connectivity index (χ1v) is 6.28. The maximum absolute atomic E-state index is 4.27. The molecule has 2 heterocycles. The molecule has 0 radical (unpaired) electrons. The monoisotopic (exact) mass is 269 g/mol. The van der Waals surface area contributed by atoms with Crippen LogP contribution in [0, 0.1) is 0 Å². The Hall–Kier alpha value is -2.70. The van der Waals surface area contributed by atoms with Crippen LogP contribution in [0.5, 0.6) is 0 Å². The highest BCUT2D eigenvalue weighted by atomic mass is 15.6. The number of hydrogen-bond acceptors (Lipinski definition) is 6. The molecule has 102 valence electrons. The molecule has 0 fully saturated rings. The number of hydrogen-bond donors (Lipinski definition) is 1. The normalized spacial score (nSPS) is 10.7. The molecule has 0 saturated carbocycles. The molecule has 3 aromatic rings. The van der Waals surface area contributed by atoms with Crippen molar-refractivity contribution in [3.63, 3.8) is 0 Å². The highest BCUT2D eigenvalue weighted by Gasteiger charge is 2.01. The Labute approximate surface area is 116 Å². The first-order valence-electron chi connectivity index (χ1n) is 6.28. The fourth-order valence-corrected chi connectivity index (χ4v) is 1.88. The van der Waals surface area contributed by atoms with Crippen LogP contribution in [0.3, 0.4) is 0 Å². The number of benzene rings is 1. The Bertz CT molecular complexity index is 719. The summed E-state index contributed by atoms with van der Waals surface area (Å²) < 4.78 is 1.40. The Morgan fingerprint density at radius 3 is 2.95 bits per heavy atom. The van der Waals surface area contributed by atoms with Crippen LogP contribution in [0.4, 0.5) is 11.5 Å². The smallest absolute Gasteiger partial charge is 0.200 e. The van der Waals surface area contributed by atoms with Gasteiger partial charge in [0, 0.05) is 26.3 Å². The lowest BCUT2D eigenvalue weighted by molar-refractivity contribution is 0.734. The number of anilines is 2. The summed E-state index contributed by atoms with van der Waals surface area (Å²) in [5.74, 6) is 0.736. The molecule has 0 spiro atoms. The lowest BCUT2D eigenvalue weighted by Crippen LogP contribution is -2.09. The zero-order valence-electron chi connectivity index (χ0n) is 11.4. The first kappa shape index (κ1) is 12.3. The SMILES string of the molecule is CN(C)c1cccc(CNc2ccc3nnnn3n2)c1. The highest BCUT2D eigenvalue weighted by molar-refractivity contribution is 5.48.